The lowest BCUT2D eigenvalue weighted by molar-refractivity contribution is -0.122. The van der Waals surface area contributed by atoms with Gasteiger partial charge in [0.15, 0.2) is 0 Å². The number of hydrogen-bond acceptors (Lipinski definition) is 3. The molecule has 0 radical (unpaired) electrons. The summed E-state index contributed by atoms with van der Waals surface area (Å²) in [5.74, 6) is -0.00310. The Balaban J connectivity index is 1.77. The Kier molecular flexibility index (Phi) is 7.45. The van der Waals surface area contributed by atoms with Crippen LogP contribution in [0.4, 0.5) is 4.79 Å². The number of hydrogen-bond donors (Lipinski definition) is 2. The maximum absolute atomic E-state index is 12.3. The summed E-state index contributed by atoms with van der Waals surface area (Å²) in [6.07, 6.45) is 4.85. The van der Waals surface area contributed by atoms with Crippen molar-refractivity contribution in [3.05, 3.63) is 34.9 Å². The van der Waals surface area contributed by atoms with E-state index in [-0.39, 0.29) is 18.0 Å². The molecule has 1 aliphatic carbocycles. The molecule has 0 heterocycles. The lowest BCUT2D eigenvalue weighted by Gasteiger charge is -2.22. The molecule has 0 bridgehead atoms. The Morgan fingerprint density at radius 1 is 1.12 bits per heavy atom. The van der Waals surface area contributed by atoms with E-state index in [1.54, 1.807) is 14.1 Å². The number of amides is 3. The molecule has 1 atom stereocenters. The van der Waals surface area contributed by atoms with E-state index in [0.29, 0.717) is 19.6 Å². The van der Waals surface area contributed by atoms with E-state index in [2.05, 4.69) is 28.8 Å². The predicted octanol–water partition coefficient (Wildman–Crippen LogP) is 1.95. The van der Waals surface area contributed by atoms with Crippen molar-refractivity contribution >= 4 is 11.9 Å². The number of benzene rings is 1. The highest BCUT2D eigenvalue weighted by molar-refractivity contribution is 5.78. The van der Waals surface area contributed by atoms with Gasteiger partial charge < -0.3 is 15.5 Å². The van der Waals surface area contributed by atoms with Gasteiger partial charge in [0.2, 0.25) is 5.91 Å². The Morgan fingerprint density at radius 2 is 1.81 bits per heavy atom. The van der Waals surface area contributed by atoms with Crippen LogP contribution < -0.4 is 10.6 Å². The number of likely N-dealkylation sites (N-methyl/N-ethyl adjacent to an activating group) is 1. The molecule has 3 amide bonds. The first kappa shape index (κ1) is 20.2. The molecule has 6 heteroatoms. The molecule has 0 saturated carbocycles. The molecule has 2 N–H and O–H groups in total. The summed E-state index contributed by atoms with van der Waals surface area (Å²) >= 11 is 0. The molecule has 1 aromatic carbocycles. The highest BCUT2D eigenvalue weighted by atomic mass is 16.2. The average Bonchev–Trinajstić information content (AvgIpc) is 2.60. The van der Waals surface area contributed by atoms with Gasteiger partial charge in [-0.2, -0.15) is 0 Å². The van der Waals surface area contributed by atoms with Gasteiger partial charge in [0.05, 0.1) is 12.6 Å². The molecular weight excluding hydrogens is 328 g/mol. The first-order chi connectivity index (χ1) is 12.4. The number of aryl methyl sites for hydroxylation is 2. The Hall–Kier alpha value is -2.08. The maximum atomic E-state index is 12.3. The standard InChI is InChI=1S/C20H32N4O2/c1-15(17-10-9-16-7-5-6-8-18(16)13-17)22-19(25)14-24(4)12-11-21-20(26)23(2)3/h9-10,13,15H,5-8,11-12,14H2,1-4H3,(H,21,26)(H,22,25). The molecule has 6 nitrogen and oxygen atoms in total. The second-order valence-electron chi connectivity index (χ2n) is 7.39. The monoisotopic (exact) mass is 360 g/mol. The number of carbonyl (C=O) groups excluding carboxylic acids is 2. The number of nitrogens with one attached hydrogen (secondary N) is 2. The van der Waals surface area contributed by atoms with E-state index in [0.717, 1.165) is 6.42 Å². The number of urea groups is 1. The van der Waals surface area contributed by atoms with Gasteiger partial charge in [-0.05, 0) is 56.3 Å². The molecule has 1 aliphatic rings. The van der Waals surface area contributed by atoms with Gasteiger partial charge in [0.1, 0.15) is 0 Å². The summed E-state index contributed by atoms with van der Waals surface area (Å²) in [6, 6.07) is 6.47. The van der Waals surface area contributed by atoms with Crippen molar-refractivity contribution in [1.29, 1.82) is 0 Å². The number of nitrogens with zero attached hydrogens (tertiary/aromatic N) is 2. The van der Waals surface area contributed by atoms with Crippen LogP contribution in [0.25, 0.3) is 0 Å². The number of rotatable bonds is 7. The van der Waals surface area contributed by atoms with Crippen molar-refractivity contribution in [2.45, 2.75) is 38.6 Å². The highest BCUT2D eigenvalue weighted by Crippen LogP contribution is 2.24. The molecule has 0 saturated heterocycles. The average molecular weight is 361 g/mol. The summed E-state index contributed by atoms with van der Waals surface area (Å²) in [6.45, 7) is 3.48. The third-order valence-electron chi connectivity index (χ3n) is 4.84. The minimum atomic E-state index is -0.121. The van der Waals surface area contributed by atoms with E-state index in [1.165, 1.54) is 40.9 Å². The van der Waals surface area contributed by atoms with Crippen molar-refractivity contribution in [2.24, 2.45) is 0 Å². The van der Waals surface area contributed by atoms with E-state index < -0.39 is 0 Å². The lowest BCUT2D eigenvalue weighted by Crippen LogP contribution is -2.42. The summed E-state index contributed by atoms with van der Waals surface area (Å²) in [5.41, 5.74) is 4.06. The van der Waals surface area contributed by atoms with E-state index in [4.69, 9.17) is 0 Å². The van der Waals surface area contributed by atoms with Crippen LogP contribution in [0.1, 0.15) is 42.5 Å². The minimum Gasteiger partial charge on any atom is -0.348 e. The van der Waals surface area contributed by atoms with Crippen molar-refractivity contribution in [3.8, 4) is 0 Å². The van der Waals surface area contributed by atoms with Crippen molar-refractivity contribution < 1.29 is 9.59 Å². The van der Waals surface area contributed by atoms with Crippen molar-refractivity contribution in [1.82, 2.24) is 20.4 Å². The Bertz CT molecular complexity index is 630. The minimum absolute atomic E-state index is 0.00310. The molecule has 0 aromatic heterocycles. The molecule has 0 fully saturated rings. The molecule has 144 valence electrons. The quantitative estimate of drug-likeness (QED) is 0.781. The van der Waals surface area contributed by atoms with Crippen LogP contribution >= 0.6 is 0 Å². The third-order valence-corrected chi connectivity index (χ3v) is 4.84. The van der Waals surface area contributed by atoms with E-state index in [1.807, 2.05) is 18.9 Å². The summed E-state index contributed by atoms with van der Waals surface area (Å²) < 4.78 is 0. The molecule has 1 aromatic rings. The first-order valence-corrected chi connectivity index (χ1v) is 9.41. The molecule has 0 aliphatic heterocycles. The van der Waals surface area contributed by atoms with Gasteiger partial charge in [-0.3, -0.25) is 9.69 Å². The maximum Gasteiger partial charge on any atom is 0.316 e. The SMILES string of the molecule is CC(NC(=O)CN(C)CCNC(=O)N(C)C)c1ccc2c(c1)CCCC2. The van der Waals surface area contributed by atoms with Gasteiger partial charge in [-0.1, -0.05) is 18.2 Å². The predicted molar refractivity (Wildman–Crippen MR) is 104 cm³/mol. The van der Waals surface area contributed by atoms with Crippen molar-refractivity contribution in [3.63, 3.8) is 0 Å². The summed E-state index contributed by atoms with van der Waals surface area (Å²) in [4.78, 5) is 27.2. The molecule has 2 rings (SSSR count). The highest BCUT2D eigenvalue weighted by Gasteiger charge is 2.15. The largest absolute Gasteiger partial charge is 0.348 e. The first-order valence-electron chi connectivity index (χ1n) is 9.41. The van der Waals surface area contributed by atoms with Crippen LogP contribution in [0.3, 0.4) is 0 Å². The van der Waals surface area contributed by atoms with Gasteiger partial charge in [-0.15, -0.1) is 0 Å². The van der Waals surface area contributed by atoms with Crippen LogP contribution in [0, 0.1) is 0 Å². The summed E-state index contributed by atoms with van der Waals surface area (Å²) in [7, 11) is 5.29. The van der Waals surface area contributed by atoms with Gasteiger partial charge in [0, 0.05) is 27.2 Å². The van der Waals surface area contributed by atoms with Crippen LogP contribution in [-0.4, -0.2) is 62.5 Å². The van der Waals surface area contributed by atoms with Crippen LogP contribution in [0.2, 0.25) is 0 Å². The summed E-state index contributed by atoms with van der Waals surface area (Å²) in [5, 5.41) is 5.87. The fourth-order valence-corrected chi connectivity index (χ4v) is 3.23. The normalized spacial score (nSPS) is 14.5. The second-order valence-corrected chi connectivity index (χ2v) is 7.39. The second kappa shape index (κ2) is 9.57. The topological polar surface area (TPSA) is 64.7 Å². The van der Waals surface area contributed by atoms with Crippen LogP contribution in [-0.2, 0) is 17.6 Å². The molecule has 26 heavy (non-hydrogen) atoms. The number of carbonyl (C=O) groups is 2. The van der Waals surface area contributed by atoms with Gasteiger partial charge in [-0.25, -0.2) is 4.79 Å². The van der Waals surface area contributed by atoms with Gasteiger partial charge in [0.25, 0.3) is 0 Å². The van der Waals surface area contributed by atoms with Crippen molar-refractivity contribution in [2.75, 3.05) is 40.8 Å². The zero-order chi connectivity index (χ0) is 19.1. The van der Waals surface area contributed by atoms with E-state index >= 15 is 0 Å². The molecule has 1 unspecified atom stereocenters. The Morgan fingerprint density at radius 3 is 2.50 bits per heavy atom. The third kappa shape index (κ3) is 6.02. The van der Waals surface area contributed by atoms with Crippen LogP contribution in [0.5, 0.6) is 0 Å². The zero-order valence-electron chi connectivity index (χ0n) is 16.5. The van der Waals surface area contributed by atoms with Crippen LogP contribution in [0.15, 0.2) is 18.2 Å². The fourth-order valence-electron chi connectivity index (χ4n) is 3.23. The number of fused-ring (bicyclic) bond motifs is 1. The lowest BCUT2D eigenvalue weighted by atomic mass is 9.89. The molecule has 0 spiro atoms. The van der Waals surface area contributed by atoms with Gasteiger partial charge >= 0.3 is 6.03 Å². The fraction of sp³-hybridized carbons (Fsp3) is 0.600. The zero-order valence-corrected chi connectivity index (χ0v) is 16.5. The smallest absolute Gasteiger partial charge is 0.316 e. The molecular formula is C20H32N4O2. The van der Waals surface area contributed by atoms with E-state index in [9.17, 15) is 9.59 Å². The Labute approximate surface area is 156 Å².